The molecule has 49 heavy (non-hydrogen) atoms. The number of carbonyl (C=O) groups is 4. The summed E-state index contributed by atoms with van der Waals surface area (Å²) in [6, 6.07) is 7.52. The topological polar surface area (TPSA) is 170 Å². The minimum atomic E-state index is -1.42. The van der Waals surface area contributed by atoms with Crippen LogP contribution in [0.25, 0.3) is 10.8 Å². The number of likely N-dealkylation sites (tertiary alicyclic amines) is 1. The van der Waals surface area contributed by atoms with Crippen LogP contribution in [0.3, 0.4) is 0 Å². The van der Waals surface area contributed by atoms with Crippen LogP contribution in [-0.2, 0) is 25.3 Å². The average Bonchev–Trinajstić information content (AvgIpc) is 3.94. The fourth-order valence-electron chi connectivity index (χ4n) is 4.26. The maximum absolute atomic E-state index is 11.6. The number of methoxy groups -OCH3 is 1. The van der Waals surface area contributed by atoms with Crippen LogP contribution in [0.2, 0.25) is 0 Å². The van der Waals surface area contributed by atoms with Gasteiger partial charge in [-0.2, -0.15) is 0 Å². The molecule has 12 nitrogen and oxygen atoms in total. The van der Waals surface area contributed by atoms with E-state index in [0.29, 0.717) is 6.54 Å². The third-order valence-electron chi connectivity index (χ3n) is 6.99. The summed E-state index contributed by atoms with van der Waals surface area (Å²) in [5.74, 6) is 1.80. The van der Waals surface area contributed by atoms with Gasteiger partial charge in [-0.15, -0.1) is 18.2 Å². The van der Waals surface area contributed by atoms with E-state index in [9.17, 15) is 18.6 Å². The van der Waals surface area contributed by atoms with Gasteiger partial charge in [0.2, 0.25) is 5.91 Å². The molecule has 274 valence electrons. The van der Waals surface area contributed by atoms with Crippen LogP contribution in [0.1, 0.15) is 79.3 Å². The van der Waals surface area contributed by atoms with E-state index >= 15 is 0 Å². The van der Waals surface area contributed by atoms with E-state index < -0.39 is 32.9 Å². The molecule has 0 spiro atoms. The number of nitrogens with zero attached hydrogens (tertiary/aromatic N) is 2. The molecule has 0 bridgehead atoms. The first-order valence-corrected chi connectivity index (χ1v) is 17.7. The number of rotatable bonds is 5. The van der Waals surface area contributed by atoms with Crippen LogP contribution in [0, 0.1) is 24.7 Å². The van der Waals surface area contributed by atoms with Crippen LogP contribution >= 0.6 is 11.6 Å². The summed E-state index contributed by atoms with van der Waals surface area (Å²) in [5, 5.41) is 4.51. The zero-order valence-corrected chi connectivity index (χ0v) is 31.6. The fraction of sp³-hybridized carbons (Fsp3) is 0.571. The molecule has 3 fully saturated rings. The Kier molecular flexibility index (Phi) is 17.9. The maximum atomic E-state index is 11.6. The van der Waals surface area contributed by atoms with Crippen molar-refractivity contribution in [3.8, 4) is 5.75 Å². The second-order valence-electron chi connectivity index (χ2n) is 13.4. The Labute approximate surface area is 298 Å². The predicted molar refractivity (Wildman–Crippen MR) is 195 cm³/mol. The highest BCUT2D eigenvalue weighted by atomic mass is 35.5. The van der Waals surface area contributed by atoms with Gasteiger partial charge in [-0.3, -0.25) is 14.5 Å². The van der Waals surface area contributed by atoms with E-state index in [1.165, 1.54) is 15.7 Å². The van der Waals surface area contributed by atoms with Crippen LogP contribution in [0.4, 0.5) is 9.59 Å². The van der Waals surface area contributed by atoms with E-state index in [-0.39, 0.29) is 23.9 Å². The summed E-state index contributed by atoms with van der Waals surface area (Å²) in [6.45, 7) is 19.9. The lowest BCUT2D eigenvalue weighted by atomic mass is 10.1. The number of hydrogen-bond acceptors (Lipinski definition) is 9. The van der Waals surface area contributed by atoms with Crippen molar-refractivity contribution in [2.75, 3.05) is 13.7 Å². The molecule has 2 aliphatic carbocycles. The number of amides is 4. The molecule has 1 saturated heterocycles. The number of fused-ring (bicyclic) bond motifs is 1. The van der Waals surface area contributed by atoms with Gasteiger partial charge in [-0.1, -0.05) is 26.8 Å². The minimum absolute atomic E-state index is 0.0320. The zero-order chi connectivity index (χ0) is 37.5. The lowest BCUT2D eigenvalue weighted by Crippen LogP contribution is -2.49. The van der Waals surface area contributed by atoms with Gasteiger partial charge >= 0.3 is 12.1 Å². The summed E-state index contributed by atoms with van der Waals surface area (Å²) in [6.07, 6.45) is 6.43. The minimum Gasteiger partial charge on any atom is -0.497 e. The number of alkyl halides is 1. The predicted octanol–water partition coefficient (Wildman–Crippen LogP) is 6.36. The Balaban J connectivity index is 0.000000341. The third kappa shape index (κ3) is 15.7. The van der Waals surface area contributed by atoms with E-state index in [1.807, 2.05) is 44.2 Å². The van der Waals surface area contributed by atoms with Crippen molar-refractivity contribution in [2.24, 2.45) is 23.5 Å². The number of benzene rings is 1. The van der Waals surface area contributed by atoms with Crippen LogP contribution < -0.4 is 20.5 Å². The Morgan fingerprint density at radius 2 is 1.80 bits per heavy atom. The van der Waals surface area contributed by atoms with Crippen LogP contribution in [-0.4, -0.2) is 68.5 Å². The number of allylic oxidation sites excluding steroid dienone is 1. The largest absolute Gasteiger partial charge is 0.497 e. The third-order valence-corrected chi connectivity index (χ3v) is 9.24. The molecule has 0 radical (unpaired) electrons. The van der Waals surface area contributed by atoms with Crippen molar-refractivity contribution >= 4 is 58.2 Å². The number of aryl methyl sites for hydroxylation is 1. The quantitative estimate of drug-likeness (QED) is 0.235. The van der Waals surface area contributed by atoms with Gasteiger partial charge in [0.1, 0.15) is 33.3 Å². The molecule has 4 atom stereocenters. The number of carbonyl (C=O) groups excluding carboxylic acids is 4. The average molecular weight is 724 g/mol. The number of aromatic nitrogens is 1. The van der Waals surface area contributed by atoms with E-state index in [4.69, 9.17) is 31.6 Å². The number of nitrogens with two attached hydrogens (primary N) is 1. The van der Waals surface area contributed by atoms with Gasteiger partial charge in [0.05, 0.1) is 13.3 Å². The van der Waals surface area contributed by atoms with Crippen LogP contribution in [0.15, 0.2) is 43.1 Å². The molecule has 5 rings (SSSR count). The van der Waals surface area contributed by atoms with Gasteiger partial charge in [0.25, 0.3) is 0 Å². The van der Waals surface area contributed by atoms with Gasteiger partial charge in [-0.25, -0.2) is 19.1 Å². The molecule has 1 aliphatic heterocycles. The van der Waals surface area contributed by atoms with E-state index in [2.05, 4.69) is 42.4 Å². The van der Waals surface area contributed by atoms with Gasteiger partial charge in [-0.05, 0) is 101 Å². The molecule has 1 aromatic carbocycles. The lowest BCUT2D eigenvalue weighted by molar-refractivity contribution is -0.120. The number of pyridine rings is 1. The number of urea groups is 1. The van der Waals surface area contributed by atoms with Crippen molar-refractivity contribution in [3.05, 3.63) is 48.8 Å². The fourth-order valence-corrected chi connectivity index (χ4v) is 5.46. The first-order chi connectivity index (χ1) is 22.9. The Bertz CT molecular complexity index is 1430. The number of ether oxygens (including phenoxy) is 2. The number of alkyl carbamates (subject to hydrolysis) is 1. The molecule has 4 unspecified atom stereocenters. The smallest absolute Gasteiger partial charge is 0.415 e. The Morgan fingerprint density at radius 3 is 2.27 bits per heavy atom. The van der Waals surface area contributed by atoms with Crippen LogP contribution in [0.5, 0.6) is 5.75 Å². The summed E-state index contributed by atoms with van der Waals surface area (Å²) in [7, 11) is 0.254. The summed E-state index contributed by atoms with van der Waals surface area (Å²) >= 11 is 5.90. The molecular formula is C35H54ClN5O7S. The molecule has 2 saturated carbocycles. The highest BCUT2D eigenvalue weighted by molar-refractivity contribution is 7.86. The monoisotopic (exact) mass is 723 g/mol. The van der Waals surface area contributed by atoms with E-state index in [1.54, 1.807) is 34.0 Å². The first kappa shape index (κ1) is 43.5. The second kappa shape index (κ2) is 20.2. The number of hydrogen-bond donors (Lipinski definition) is 3. The summed E-state index contributed by atoms with van der Waals surface area (Å²) < 4.78 is 23.4. The lowest BCUT2D eigenvalue weighted by Gasteiger charge is -2.23. The highest BCUT2D eigenvalue weighted by Crippen LogP contribution is 2.46. The molecule has 2 heterocycles. The zero-order valence-electron chi connectivity index (χ0n) is 30.0. The number of halogens is 1. The maximum Gasteiger partial charge on any atom is 0.415 e. The molecule has 3 aliphatic rings. The van der Waals surface area contributed by atoms with Crippen molar-refractivity contribution in [3.63, 3.8) is 0 Å². The van der Waals surface area contributed by atoms with Crippen molar-refractivity contribution in [2.45, 2.75) is 96.5 Å². The molecule has 4 amide bonds. The van der Waals surface area contributed by atoms with E-state index in [0.717, 1.165) is 49.5 Å². The number of nitrogens with one attached hydrogen (secondary N) is 2. The molecule has 4 N–H and O–H groups in total. The van der Waals surface area contributed by atoms with Gasteiger partial charge in [0.15, 0.2) is 0 Å². The highest BCUT2D eigenvalue weighted by Gasteiger charge is 2.50. The van der Waals surface area contributed by atoms with Crippen molar-refractivity contribution in [1.29, 1.82) is 0 Å². The normalized spacial score (nSPS) is 20.1. The standard InChI is InChI=1S/C11H11NO.C10H19N3O3.C9H12ClNO2S.C4H10.CH2O/c1-8-11-4-3-10(13-2)7-9(11)5-6-12-8;1-10(2,3)16-9(15)12-8(14)13-6-4-5-7(13)11;1-2-6-5-7(6)8(12)11-14(13)9(10)3-4-9;1-4(2)3;1-2/h3-7H,1-2H3;7H,4-6,11H2,1-3H3,(H,12,14,15);2,6-7H,1,3-5H2,(H,11,12);4H,1-3H3;1H2. The summed E-state index contributed by atoms with van der Waals surface area (Å²) in [5.41, 5.74) is 6.14. The first-order valence-electron chi connectivity index (χ1n) is 16.2. The SMILES string of the molecule is C=CC1CC1C(=O)NS(=O)C1(Cl)CC1.C=O.CC(C)(C)OC(=O)NC(=O)N1CCCC1N.CC(C)C.COc1ccc2c(C)nccc2c1. The summed E-state index contributed by atoms with van der Waals surface area (Å²) in [4.78, 5) is 48.0. The van der Waals surface area contributed by atoms with Gasteiger partial charge < -0.3 is 24.9 Å². The molecule has 1 aromatic heterocycles. The van der Waals surface area contributed by atoms with Crippen molar-refractivity contribution in [1.82, 2.24) is 19.9 Å². The Morgan fingerprint density at radius 1 is 1.18 bits per heavy atom. The number of imide groups is 1. The second-order valence-corrected chi connectivity index (χ2v) is 15.9. The molecule has 14 heteroatoms. The van der Waals surface area contributed by atoms with Crippen molar-refractivity contribution < 1.29 is 32.9 Å². The Hall–Kier alpha value is -3.55. The molecular weight excluding hydrogens is 670 g/mol. The van der Waals surface area contributed by atoms with Gasteiger partial charge in [0, 0.05) is 29.7 Å². The molecule has 2 aromatic rings.